The second-order valence-corrected chi connectivity index (χ2v) is 4.59. The Morgan fingerprint density at radius 2 is 1.90 bits per heavy atom. The minimum absolute atomic E-state index is 0.0435. The predicted molar refractivity (Wildman–Crippen MR) is 83.8 cm³/mol. The summed E-state index contributed by atoms with van der Waals surface area (Å²) in [5.41, 5.74) is 3.57. The molecule has 0 aliphatic rings. The van der Waals surface area contributed by atoms with Gasteiger partial charge in [-0.25, -0.2) is 5.43 Å². The van der Waals surface area contributed by atoms with Crippen molar-refractivity contribution in [2.45, 2.75) is 0 Å². The molecule has 0 aromatic heterocycles. The number of carbonyl (C=O) groups excluding carboxylic acids is 1. The molecule has 3 N–H and O–H groups in total. The standard InChI is InChI=1S/C15H14ClN3O2/c16-12-6-2-3-7-13(12)17-10-15(21)19-18-9-11-5-1-4-8-14(11)20/h1-9,17,20H,10H2,(H,19,21)/b18-9+. The van der Waals surface area contributed by atoms with Crippen LogP contribution in [-0.2, 0) is 4.79 Å². The molecule has 0 saturated carbocycles. The van der Waals surface area contributed by atoms with Crippen molar-refractivity contribution in [1.29, 1.82) is 0 Å². The lowest BCUT2D eigenvalue weighted by Crippen LogP contribution is -2.25. The molecule has 5 nitrogen and oxygen atoms in total. The largest absolute Gasteiger partial charge is 0.507 e. The third-order valence-corrected chi connectivity index (χ3v) is 2.97. The van der Waals surface area contributed by atoms with Crippen molar-refractivity contribution in [1.82, 2.24) is 5.43 Å². The Kier molecular flexibility index (Phi) is 5.17. The summed E-state index contributed by atoms with van der Waals surface area (Å²) in [5.74, 6) is -0.216. The second-order valence-electron chi connectivity index (χ2n) is 4.19. The first kappa shape index (κ1) is 14.9. The number of hydrogen-bond donors (Lipinski definition) is 3. The fraction of sp³-hybridized carbons (Fsp3) is 0.0667. The zero-order chi connectivity index (χ0) is 15.1. The van der Waals surface area contributed by atoms with E-state index in [4.69, 9.17) is 11.6 Å². The van der Waals surface area contributed by atoms with E-state index in [9.17, 15) is 9.90 Å². The van der Waals surface area contributed by atoms with Crippen LogP contribution in [0.4, 0.5) is 5.69 Å². The van der Waals surface area contributed by atoms with Crippen LogP contribution in [0.15, 0.2) is 53.6 Å². The molecule has 0 fully saturated rings. The van der Waals surface area contributed by atoms with Crippen molar-refractivity contribution in [2.75, 3.05) is 11.9 Å². The Balaban J connectivity index is 1.83. The van der Waals surface area contributed by atoms with E-state index < -0.39 is 0 Å². The lowest BCUT2D eigenvalue weighted by molar-refractivity contribution is -0.119. The summed E-state index contributed by atoms with van der Waals surface area (Å²) in [6.45, 7) is 0.0435. The van der Waals surface area contributed by atoms with E-state index in [0.29, 0.717) is 16.3 Å². The van der Waals surface area contributed by atoms with Crippen LogP contribution in [0.1, 0.15) is 5.56 Å². The summed E-state index contributed by atoms with van der Waals surface area (Å²) < 4.78 is 0. The smallest absolute Gasteiger partial charge is 0.259 e. The molecule has 0 spiro atoms. The normalized spacial score (nSPS) is 10.5. The topological polar surface area (TPSA) is 73.7 Å². The summed E-state index contributed by atoms with van der Waals surface area (Å²) in [7, 11) is 0. The van der Waals surface area contributed by atoms with E-state index in [1.807, 2.05) is 12.1 Å². The number of nitrogens with one attached hydrogen (secondary N) is 2. The van der Waals surface area contributed by atoms with Gasteiger partial charge in [-0.3, -0.25) is 4.79 Å². The number of nitrogens with zero attached hydrogens (tertiary/aromatic N) is 1. The van der Waals surface area contributed by atoms with E-state index in [1.54, 1.807) is 36.4 Å². The van der Waals surface area contributed by atoms with Gasteiger partial charge in [0.1, 0.15) is 5.75 Å². The summed E-state index contributed by atoms with van der Waals surface area (Å²) in [6, 6.07) is 13.8. The Morgan fingerprint density at radius 3 is 2.67 bits per heavy atom. The highest BCUT2D eigenvalue weighted by Crippen LogP contribution is 2.19. The van der Waals surface area contributed by atoms with E-state index in [-0.39, 0.29) is 18.2 Å². The van der Waals surface area contributed by atoms with Crippen LogP contribution in [0.5, 0.6) is 5.75 Å². The molecule has 6 heteroatoms. The summed E-state index contributed by atoms with van der Waals surface area (Å²) >= 11 is 5.96. The third-order valence-electron chi connectivity index (χ3n) is 2.64. The van der Waals surface area contributed by atoms with E-state index in [0.717, 1.165) is 0 Å². The Morgan fingerprint density at radius 1 is 1.19 bits per heavy atom. The van der Waals surface area contributed by atoms with Crippen LogP contribution >= 0.6 is 11.6 Å². The Labute approximate surface area is 127 Å². The first-order valence-corrected chi connectivity index (χ1v) is 6.63. The molecule has 0 unspecified atom stereocenters. The van der Waals surface area contributed by atoms with Gasteiger partial charge in [0.25, 0.3) is 5.91 Å². The number of halogens is 1. The van der Waals surface area contributed by atoms with Gasteiger partial charge in [0, 0.05) is 5.56 Å². The number of benzene rings is 2. The van der Waals surface area contributed by atoms with Gasteiger partial charge >= 0.3 is 0 Å². The molecule has 0 bridgehead atoms. The molecule has 0 saturated heterocycles. The highest BCUT2D eigenvalue weighted by atomic mass is 35.5. The van der Waals surface area contributed by atoms with Crippen molar-refractivity contribution in [3.63, 3.8) is 0 Å². The van der Waals surface area contributed by atoms with Gasteiger partial charge in [-0.2, -0.15) is 5.10 Å². The molecular formula is C15H14ClN3O2. The maximum absolute atomic E-state index is 11.6. The molecule has 0 aliphatic carbocycles. The molecule has 0 radical (unpaired) electrons. The SMILES string of the molecule is O=C(CNc1ccccc1Cl)N/N=C/c1ccccc1O. The quantitative estimate of drug-likeness (QED) is 0.587. The van der Waals surface area contributed by atoms with Crippen LogP contribution in [0.3, 0.4) is 0 Å². The molecule has 2 rings (SSSR count). The summed E-state index contributed by atoms with van der Waals surface area (Å²) in [5, 5.41) is 16.8. The monoisotopic (exact) mass is 303 g/mol. The van der Waals surface area contributed by atoms with Gasteiger partial charge in [0.2, 0.25) is 0 Å². The van der Waals surface area contributed by atoms with Crippen LogP contribution in [0.2, 0.25) is 5.02 Å². The molecule has 21 heavy (non-hydrogen) atoms. The predicted octanol–water partition coefficient (Wildman–Crippen LogP) is 2.61. The first-order valence-electron chi connectivity index (χ1n) is 6.25. The maximum Gasteiger partial charge on any atom is 0.259 e. The zero-order valence-corrected chi connectivity index (χ0v) is 11.8. The highest BCUT2D eigenvalue weighted by Gasteiger charge is 2.02. The van der Waals surface area contributed by atoms with Gasteiger partial charge in [-0.15, -0.1) is 0 Å². The molecular weight excluding hydrogens is 290 g/mol. The zero-order valence-electron chi connectivity index (χ0n) is 11.1. The Bertz CT molecular complexity index is 659. The molecule has 0 atom stereocenters. The minimum Gasteiger partial charge on any atom is -0.507 e. The number of rotatable bonds is 5. The van der Waals surface area contributed by atoms with E-state index in [2.05, 4.69) is 15.8 Å². The van der Waals surface area contributed by atoms with E-state index in [1.165, 1.54) is 6.21 Å². The molecule has 0 aliphatic heterocycles. The number of phenolic OH excluding ortho intramolecular Hbond substituents is 1. The van der Waals surface area contributed by atoms with Crippen molar-refractivity contribution < 1.29 is 9.90 Å². The number of hydrogen-bond acceptors (Lipinski definition) is 4. The first-order chi connectivity index (χ1) is 10.2. The lowest BCUT2D eigenvalue weighted by Gasteiger charge is -2.06. The fourth-order valence-corrected chi connectivity index (χ4v) is 1.79. The summed E-state index contributed by atoms with van der Waals surface area (Å²) in [4.78, 5) is 11.6. The molecule has 2 aromatic rings. The molecule has 2 aromatic carbocycles. The molecule has 108 valence electrons. The number of aromatic hydroxyl groups is 1. The van der Waals surface area contributed by atoms with Crippen LogP contribution < -0.4 is 10.7 Å². The second kappa shape index (κ2) is 7.31. The van der Waals surface area contributed by atoms with E-state index >= 15 is 0 Å². The maximum atomic E-state index is 11.6. The van der Waals surface area contributed by atoms with Crippen molar-refractivity contribution in [2.24, 2.45) is 5.10 Å². The van der Waals surface area contributed by atoms with Crippen molar-refractivity contribution in [3.8, 4) is 5.75 Å². The average molecular weight is 304 g/mol. The average Bonchev–Trinajstić information content (AvgIpc) is 2.48. The number of hydrazone groups is 1. The minimum atomic E-state index is -0.318. The highest BCUT2D eigenvalue weighted by molar-refractivity contribution is 6.33. The number of para-hydroxylation sites is 2. The number of amides is 1. The van der Waals surface area contributed by atoms with Gasteiger partial charge in [-0.1, -0.05) is 35.9 Å². The number of carbonyl (C=O) groups is 1. The van der Waals surface area contributed by atoms with Gasteiger partial charge in [-0.05, 0) is 24.3 Å². The van der Waals surface area contributed by atoms with Crippen molar-refractivity contribution >= 4 is 29.4 Å². The number of phenols is 1. The fourth-order valence-electron chi connectivity index (χ4n) is 1.59. The molecule has 0 heterocycles. The van der Waals surface area contributed by atoms with Crippen LogP contribution in [0.25, 0.3) is 0 Å². The number of anilines is 1. The van der Waals surface area contributed by atoms with Crippen LogP contribution in [-0.4, -0.2) is 23.8 Å². The van der Waals surface area contributed by atoms with Gasteiger partial charge < -0.3 is 10.4 Å². The van der Waals surface area contributed by atoms with Gasteiger partial charge in [0.05, 0.1) is 23.5 Å². The molecule has 1 amide bonds. The lowest BCUT2D eigenvalue weighted by atomic mass is 10.2. The van der Waals surface area contributed by atoms with Gasteiger partial charge in [0.15, 0.2) is 0 Å². The summed E-state index contributed by atoms with van der Waals surface area (Å²) in [6.07, 6.45) is 1.38. The third kappa shape index (κ3) is 4.50. The van der Waals surface area contributed by atoms with Crippen LogP contribution in [0, 0.1) is 0 Å². The van der Waals surface area contributed by atoms with Crippen molar-refractivity contribution in [3.05, 3.63) is 59.1 Å². The Hall–Kier alpha value is -2.53.